The minimum absolute atomic E-state index is 0.692. The number of nitrogens with one attached hydrogen (secondary N) is 1. The lowest BCUT2D eigenvalue weighted by molar-refractivity contribution is 0.267. The number of hydrogen-bond acceptors (Lipinski definition) is 2. The minimum Gasteiger partial charge on any atom is -0.316 e. The maximum atomic E-state index is 3.51. The first-order valence-electron chi connectivity index (χ1n) is 7.95. The third kappa shape index (κ3) is 12.4. The van der Waals surface area contributed by atoms with Crippen LogP contribution in [0.1, 0.15) is 66.2 Å². The number of unbranched alkanes of at least 4 members (excludes halogenated alkanes) is 5. The van der Waals surface area contributed by atoms with Gasteiger partial charge in [0.25, 0.3) is 0 Å². The van der Waals surface area contributed by atoms with Crippen molar-refractivity contribution in [2.24, 2.45) is 5.92 Å². The zero-order chi connectivity index (χ0) is 13.8. The van der Waals surface area contributed by atoms with Crippen LogP contribution in [0.4, 0.5) is 0 Å². The maximum Gasteiger partial charge on any atom is 0.00355 e. The summed E-state index contributed by atoms with van der Waals surface area (Å²) in [5, 5.41) is 3.51. The third-order valence-electron chi connectivity index (χ3n) is 3.55. The second-order valence-electron chi connectivity index (χ2n) is 6.29. The van der Waals surface area contributed by atoms with Crippen LogP contribution in [-0.2, 0) is 0 Å². The monoisotopic (exact) mass is 256 g/mol. The molecule has 0 amide bonds. The Labute approximate surface area is 116 Å². The van der Waals surface area contributed by atoms with Gasteiger partial charge in [-0.15, -0.1) is 0 Å². The molecular formula is C16H36N2. The molecule has 0 spiro atoms. The van der Waals surface area contributed by atoms with E-state index < -0.39 is 0 Å². The smallest absolute Gasteiger partial charge is 0.00355 e. The van der Waals surface area contributed by atoms with E-state index in [9.17, 15) is 0 Å². The Balaban J connectivity index is 3.08. The van der Waals surface area contributed by atoms with E-state index in [-0.39, 0.29) is 0 Å². The average Bonchev–Trinajstić information content (AvgIpc) is 2.30. The summed E-state index contributed by atoms with van der Waals surface area (Å²) in [6.07, 6.45) is 8.32. The predicted molar refractivity (Wildman–Crippen MR) is 83.2 cm³/mol. The molecule has 110 valence electrons. The van der Waals surface area contributed by atoms with Gasteiger partial charge in [0.15, 0.2) is 0 Å². The number of hydrogen-bond donors (Lipinski definition) is 1. The van der Waals surface area contributed by atoms with Crippen molar-refractivity contribution in [3.8, 4) is 0 Å². The van der Waals surface area contributed by atoms with Crippen LogP contribution in [0.3, 0.4) is 0 Å². The molecule has 0 aromatic rings. The molecule has 0 fully saturated rings. The SMILES string of the molecule is CC(C)CNCCCCCCCCN(C)C(C)C. The lowest BCUT2D eigenvalue weighted by Crippen LogP contribution is -2.27. The molecule has 0 bridgehead atoms. The maximum absolute atomic E-state index is 3.51. The summed E-state index contributed by atoms with van der Waals surface area (Å²) >= 11 is 0. The highest BCUT2D eigenvalue weighted by molar-refractivity contribution is 4.57. The van der Waals surface area contributed by atoms with Crippen molar-refractivity contribution in [2.45, 2.75) is 72.3 Å². The molecule has 0 radical (unpaired) electrons. The van der Waals surface area contributed by atoms with Crippen LogP contribution in [0.25, 0.3) is 0 Å². The molecule has 0 aliphatic rings. The van der Waals surface area contributed by atoms with E-state index in [0.29, 0.717) is 6.04 Å². The molecule has 0 aliphatic heterocycles. The molecule has 0 aromatic carbocycles. The lowest BCUT2D eigenvalue weighted by Gasteiger charge is -2.20. The number of nitrogens with zero attached hydrogens (tertiary/aromatic N) is 1. The Morgan fingerprint density at radius 1 is 0.833 bits per heavy atom. The van der Waals surface area contributed by atoms with Crippen molar-refractivity contribution in [3.63, 3.8) is 0 Å². The van der Waals surface area contributed by atoms with Crippen LogP contribution in [0, 0.1) is 5.92 Å². The Morgan fingerprint density at radius 2 is 1.39 bits per heavy atom. The molecule has 2 nitrogen and oxygen atoms in total. The molecule has 0 saturated heterocycles. The molecule has 0 rings (SSSR count). The first-order chi connectivity index (χ1) is 8.54. The molecule has 0 saturated carbocycles. The highest BCUT2D eigenvalue weighted by Gasteiger charge is 2.01. The van der Waals surface area contributed by atoms with Crippen molar-refractivity contribution < 1.29 is 0 Å². The first-order valence-corrected chi connectivity index (χ1v) is 7.95. The summed E-state index contributed by atoms with van der Waals surface area (Å²) in [5.74, 6) is 0.781. The molecule has 18 heavy (non-hydrogen) atoms. The van der Waals surface area contributed by atoms with E-state index in [1.54, 1.807) is 0 Å². The molecular weight excluding hydrogens is 220 g/mol. The van der Waals surface area contributed by atoms with Gasteiger partial charge in [-0.2, -0.15) is 0 Å². The van der Waals surface area contributed by atoms with Crippen LogP contribution < -0.4 is 5.32 Å². The molecule has 2 heteroatoms. The van der Waals surface area contributed by atoms with Gasteiger partial charge in [-0.1, -0.05) is 39.5 Å². The highest BCUT2D eigenvalue weighted by atomic mass is 15.1. The van der Waals surface area contributed by atoms with Gasteiger partial charge in [0.1, 0.15) is 0 Å². The molecule has 0 unspecified atom stereocenters. The second kappa shape index (κ2) is 12.0. The van der Waals surface area contributed by atoms with Crippen molar-refractivity contribution >= 4 is 0 Å². The summed E-state index contributed by atoms with van der Waals surface area (Å²) in [6, 6.07) is 0.692. The van der Waals surface area contributed by atoms with Gasteiger partial charge in [0, 0.05) is 6.04 Å². The topological polar surface area (TPSA) is 15.3 Å². The Kier molecular flexibility index (Phi) is 11.9. The zero-order valence-corrected chi connectivity index (χ0v) is 13.5. The van der Waals surface area contributed by atoms with E-state index in [1.165, 1.54) is 58.2 Å². The van der Waals surface area contributed by atoms with Gasteiger partial charge in [0.05, 0.1) is 0 Å². The van der Waals surface area contributed by atoms with Crippen LogP contribution >= 0.6 is 0 Å². The van der Waals surface area contributed by atoms with Crippen LogP contribution in [0.15, 0.2) is 0 Å². The summed E-state index contributed by atoms with van der Waals surface area (Å²) in [7, 11) is 2.23. The Hall–Kier alpha value is -0.0800. The highest BCUT2D eigenvalue weighted by Crippen LogP contribution is 2.06. The van der Waals surface area contributed by atoms with Crippen molar-refractivity contribution in [1.29, 1.82) is 0 Å². The fraction of sp³-hybridized carbons (Fsp3) is 1.00. The molecule has 0 aromatic heterocycles. The summed E-state index contributed by atoms with van der Waals surface area (Å²) in [5.41, 5.74) is 0. The Bertz CT molecular complexity index is 166. The van der Waals surface area contributed by atoms with Crippen molar-refractivity contribution in [3.05, 3.63) is 0 Å². The third-order valence-corrected chi connectivity index (χ3v) is 3.55. The van der Waals surface area contributed by atoms with Gasteiger partial charge < -0.3 is 10.2 Å². The first kappa shape index (κ1) is 17.9. The summed E-state index contributed by atoms with van der Waals surface area (Å²) in [4.78, 5) is 2.44. The fourth-order valence-corrected chi connectivity index (χ4v) is 1.97. The summed E-state index contributed by atoms with van der Waals surface area (Å²) in [6.45, 7) is 12.7. The molecule has 0 aliphatic carbocycles. The van der Waals surface area contributed by atoms with Gasteiger partial charge >= 0.3 is 0 Å². The fourth-order valence-electron chi connectivity index (χ4n) is 1.97. The predicted octanol–water partition coefficient (Wildman–Crippen LogP) is 3.91. The van der Waals surface area contributed by atoms with Crippen molar-refractivity contribution in [1.82, 2.24) is 10.2 Å². The van der Waals surface area contributed by atoms with Gasteiger partial charge in [0.2, 0.25) is 0 Å². The quantitative estimate of drug-likeness (QED) is 0.533. The second-order valence-corrected chi connectivity index (χ2v) is 6.29. The van der Waals surface area contributed by atoms with Crippen molar-refractivity contribution in [2.75, 3.05) is 26.7 Å². The Morgan fingerprint density at radius 3 is 1.94 bits per heavy atom. The molecule has 1 N–H and O–H groups in total. The van der Waals surface area contributed by atoms with Gasteiger partial charge in [-0.25, -0.2) is 0 Å². The minimum atomic E-state index is 0.692. The molecule has 0 atom stereocenters. The average molecular weight is 256 g/mol. The largest absolute Gasteiger partial charge is 0.316 e. The van der Waals surface area contributed by atoms with E-state index in [4.69, 9.17) is 0 Å². The van der Waals surface area contributed by atoms with Crippen LogP contribution in [0.5, 0.6) is 0 Å². The summed E-state index contributed by atoms with van der Waals surface area (Å²) < 4.78 is 0. The van der Waals surface area contributed by atoms with Gasteiger partial charge in [-0.05, 0) is 59.3 Å². The van der Waals surface area contributed by atoms with E-state index in [1.807, 2.05) is 0 Å². The van der Waals surface area contributed by atoms with Crippen LogP contribution in [-0.4, -0.2) is 37.6 Å². The normalized spacial score (nSPS) is 12.0. The van der Waals surface area contributed by atoms with Gasteiger partial charge in [-0.3, -0.25) is 0 Å². The molecule has 0 heterocycles. The van der Waals surface area contributed by atoms with E-state index in [2.05, 4.69) is 45.0 Å². The van der Waals surface area contributed by atoms with E-state index in [0.717, 1.165) is 5.92 Å². The standard InChI is InChI=1S/C16H36N2/c1-15(2)14-17-12-10-8-6-7-9-11-13-18(5)16(3)4/h15-17H,6-14H2,1-5H3. The zero-order valence-electron chi connectivity index (χ0n) is 13.5. The van der Waals surface area contributed by atoms with Crippen LogP contribution in [0.2, 0.25) is 0 Å². The van der Waals surface area contributed by atoms with E-state index >= 15 is 0 Å². The number of rotatable bonds is 12. The lowest BCUT2D eigenvalue weighted by atomic mass is 10.1.